The molecule has 0 atom stereocenters. The van der Waals surface area contributed by atoms with E-state index in [1.165, 1.54) is 32.1 Å². The molecule has 0 aromatic heterocycles. The fraction of sp³-hybridized carbons (Fsp3) is 0.909. The van der Waals surface area contributed by atoms with Gasteiger partial charge in [-0.05, 0) is 43.3 Å². The van der Waals surface area contributed by atoms with E-state index in [1.54, 1.807) is 0 Å². The van der Waals surface area contributed by atoms with Crippen LogP contribution in [0.3, 0.4) is 0 Å². The zero-order chi connectivity index (χ0) is 10.4. The van der Waals surface area contributed by atoms with E-state index in [4.69, 9.17) is 12.2 Å². The number of hydrogen-bond acceptors (Lipinski definition) is 1. The molecule has 0 aromatic rings. The highest BCUT2D eigenvalue weighted by Crippen LogP contribution is 2.47. The Balaban J connectivity index is 2.03. The van der Waals surface area contributed by atoms with Gasteiger partial charge in [0.2, 0.25) is 0 Å². The van der Waals surface area contributed by atoms with Crippen molar-refractivity contribution in [3.05, 3.63) is 0 Å². The molecule has 0 saturated heterocycles. The third kappa shape index (κ3) is 3.82. The van der Waals surface area contributed by atoms with Crippen molar-refractivity contribution in [3.8, 4) is 0 Å². The van der Waals surface area contributed by atoms with Crippen LogP contribution in [0.2, 0.25) is 0 Å². The maximum Gasteiger partial charge on any atom is 0.166 e. The first-order valence-corrected chi connectivity index (χ1v) is 6.15. The number of hydrogen-bond donors (Lipinski definition) is 2. The van der Waals surface area contributed by atoms with E-state index in [1.807, 2.05) is 0 Å². The molecule has 14 heavy (non-hydrogen) atoms. The fourth-order valence-corrected chi connectivity index (χ4v) is 1.72. The summed E-state index contributed by atoms with van der Waals surface area (Å²) in [7, 11) is 0. The van der Waals surface area contributed by atoms with Gasteiger partial charge in [-0.1, -0.05) is 20.3 Å². The topological polar surface area (TPSA) is 24.1 Å². The van der Waals surface area contributed by atoms with Gasteiger partial charge in [-0.2, -0.15) is 0 Å². The summed E-state index contributed by atoms with van der Waals surface area (Å²) in [4.78, 5) is 0. The smallest absolute Gasteiger partial charge is 0.166 e. The Hall–Kier alpha value is -0.310. The summed E-state index contributed by atoms with van der Waals surface area (Å²) in [6, 6.07) is 0. The van der Waals surface area contributed by atoms with E-state index in [9.17, 15) is 0 Å². The molecule has 2 N–H and O–H groups in total. The number of unbranched alkanes of at least 4 members (excludes halogenated alkanes) is 1. The van der Waals surface area contributed by atoms with Crippen molar-refractivity contribution >= 4 is 17.3 Å². The van der Waals surface area contributed by atoms with Crippen LogP contribution in [0.4, 0.5) is 0 Å². The van der Waals surface area contributed by atoms with Crippen molar-refractivity contribution in [2.24, 2.45) is 5.41 Å². The molecule has 1 saturated carbocycles. The molecule has 0 unspecified atom stereocenters. The first-order valence-electron chi connectivity index (χ1n) is 5.74. The van der Waals surface area contributed by atoms with Crippen LogP contribution in [0.15, 0.2) is 0 Å². The molecule has 0 spiro atoms. The third-order valence-corrected chi connectivity index (χ3v) is 3.44. The highest BCUT2D eigenvalue weighted by Gasteiger charge is 2.40. The van der Waals surface area contributed by atoms with E-state index in [2.05, 4.69) is 24.5 Å². The molecular formula is C11H22N2S. The van der Waals surface area contributed by atoms with Gasteiger partial charge in [0.05, 0.1) is 0 Å². The van der Waals surface area contributed by atoms with E-state index in [0.29, 0.717) is 5.41 Å². The molecule has 0 radical (unpaired) electrons. The largest absolute Gasteiger partial charge is 0.363 e. The minimum absolute atomic E-state index is 0.580. The summed E-state index contributed by atoms with van der Waals surface area (Å²) < 4.78 is 0. The average Bonchev–Trinajstić information content (AvgIpc) is 2.96. The summed E-state index contributed by atoms with van der Waals surface area (Å²) in [6.45, 7) is 6.51. The lowest BCUT2D eigenvalue weighted by atomic mass is 10.0. The van der Waals surface area contributed by atoms with Crippen molar-refractivity contribution in [1.82, 2.24) is 10.6 Å². The predicted molar refractivity (Wildman–Crippen MR) is 65.5 cm³/mol. The molecule has 1 aliphatic carbocycles. The Bertz CT molecular complexity index is 188. The van der Waals surface area contributed by atoms with Crippen molar-refractivity contribution in [3.63, 3.8) is 0 Å². The lowest BCUT2D eigenvalue weighted by Gasteiger charge is -2.15. The van der Waals surface area contributed by atoms with Crippen LogP contribution in [0.1, 0.15) is 46.0 Å². The van der Waals surface area contributed by atoms with Crippen LogP contribution >= 0.6 is 12.2 Å². The standard InChI is InChI=1S/C11H22N2S/c1-3-5-8-12-10(14)13-9-11(4-2)6-7-11/h3-9H2,1-2H3,(H2,12,13,14). The van der Waals surface area contributed by atoms with E-state index >= 15 is 0 Å². The van der Waals surface area contributed by atoms with Crippen molar-refractivity contribution < 1.29 is 0 Å². The Morgan fingerprint density at radius 2 is 2.00 bits per heavy atom. The van der Waals surface area contributed by atoms with Crippen LogP contribution in [0, 0.1) is 5.41 Å². The lowest BCUT2D eigenvalue weighted by Crippen LogP contribution is -2.38. The second-order valence-corrected chi connectivity index (χ2v) is 4.72. The number of rotatable bonds is 6. The molecule has 0 aliphatic heterocycles. The predicted octanol–water partition coefficient (Wildman–Crippen LogP) is 2.44. The quantitative estimate of drug-likeness (QED) is 0.524. The van der Waals surface area contributed by atoms with Crippen molar-refractivity contribution in [2.45, 2.75) is 46.0 Å². The molecule has 3 heteroatoms. The molecule has 1 aliphatic rings. The Morgan fingerprint density at radius 3 is 2.50 bits per heavy atom. The molecule has 2 nitrogen and oxygen atoms in total. The van der Waals surface area contributed by atoms with Crippen LogP contribution < -0.4 is 10.6 Å². The molecule has 0 bridgehead atoms. The van der Waals surface area contributed by atoms with E-state index in [-0.39, 0.29) is 0 Å². The SMILES string of the molecule is CCCCNC(=S)NCC1(CC)CC1. The Labute approximate surface area is 92.8 Å². The molecule has 1 fully saturated rings. The monoisotopic (exact) mass is 214 g/mol. The molecule has 0 heterocycles. The van der Waals surface area contributed by atoms with Crippen LogP contribution in [-0.4, -0.2) is 18.2 Å². The summed E-state index contributed by atoms with van der Waals surface area (Å²) in [5, 5.41) is 7.38. The molecule has 0 aromatic carbocycles. The van der Waals surface area contributed by atoms with Gasteiger partial charge in [-0.25, -0.2) is 0 Å². The van der Waals surface area contributed by atoms with Crippen molar-refractivity contribution in [2.75, 3.05) is 13.1 Å². The van der Waals surface area contributed by atoms with Gasteiger partial charge in [0.25, 0.3) is 0 Å². The summed E-state index contributed by atoms with van der Waals surface area (Å²) >= 11 is 5.19. The van der Waals surface area contributed by atoms with Crippen molar-refractivity contribution in [1.29, 1.82) is 0 Å². The normalized spacial score (nSPS) is 17.6. The maximum absolute atomic E-state index is 5.19. The number of nitrogens with one attached hydrogen (secondary N) is 2. The van der Waals surface area contributed by atoms with Gasteiger partial charge < -0.3 is 10.6 Å². The Kier molecular flexibility index (Phi) is 4.66. The van der Waals surface area contributed by atoms with Gasteiger partial charge in [-0.3, -0.25) is 0 Å². The third-order valence-electron chi connectivity index (χ3n) is 3.15. The highest BCUT2D eigenvalue weighted by molar-refractivity contribution is 7.80. The second kappa shape index (κ2) is 5.54. The lowest BCUT2D eigenvalue weighted by molar-refractivity contribution is 0.480. The summed E-state index contributed by atoms with van der Waals surface area (Å²) in [5.74, 6) is 0. The fourth-order valence-electron chi connectivity index (χ4n) is 1.54. The highest BCUT2D eigenvalue weighted by atomic mass is 32.1. The van der Waals surface area contributed by atoms with Gasteiger partial charge in [0, 0.05) is 13.1 Å². The zero-order valence-corrected chi connectivity index (χ0v) is 10.2. The van der Waals surface area contributed by atoms with Crippen LogP contribution in [0.25, 0.3) is 0 Å². The van der Waals surface area contributed by atoms with Gasteiger partial charge >= 0.3 is 0 Å². The minimum atomic E-state index is 0.580. The Morgan fingerprint density at radius 1 is 1.29 bits per heavy atom. The summed E-state index contributed by atoms with van der Waals surface area (Å²) in [6.07, 6.45) is 6.43. The molecule has 0 amide bonds. The maximum atomic E-state index is 5.19. The summed E-state index contributed by atoms with van der Waals surface area (Å²) in [5.41, 5.74) is 0.580. The van der Waals surface area contributed by atoms with Crippen LogP contribution in [0.5, 0.6) is 0 Å². The molecular weight excluding hydrogens is 192 g/mol. The second-order valence-electron chi connectivity index (χ2n) is 4.32. The van der Waals surface area contributed by atoms with E-state index in [0.717, 1.165) is 18.2 Å². The van der Waals surface area contributed by atoms with E-state index < -0.39 is 0 Å². The number of thiocarbonyl (C=S) groups is 1. The average molecular weight is 214 g/mol. The molecule has 82 valence electrons. The molecule has 1 rings (SSSR count). The first-order chi connectivity index (χ1) is 6.72. The van der Waals surface area contributed by atoms with Gasteiger partial charge in [0.1, 0.15) is 0 Å². The minimum Gasteiger partial charge on any atom is -0.363 e. The first kappa shape index (κ1) is 11.8. The van der Waals surface area contributed by atoms with Gasteiger partial charge in [-0.15, -0.1) is 0 Å². The van der Waals surface area contributed by atoms with Gasteiger partial charge in [0.15, 0.2) is 5.11 Å². The van der Waals surface area contributed by atoms with Crippen LogP contribution in [-0.2, 0) is 0 Å². The zero-order valence-electron chi connectivity index (χ0n) is 9.36.